The second-order valence-electron chi connectivity index (χ2n) is 5.73. The Kier molecular flexibility index (Phi) is 4.80. The fourth-order valence-electron chi connectivity index (χ4n) is 2.69. The van der Waals surface area contributed by atoms with Crippen molar-refractivity contribution >= 4 is 17.7 Å². The van der Waals surface area contributed by atoms with Crippen LogP contribution in [0.2, 0.25) is 0 Å². The van der Waals surface area contributed by atoms with Crippen LogP contribution in [0.15, 0.2) is 5.16 Å². The first-order valence-electron chi connectivity index (χ1n) is 7.63. The second kappa shape index (κ2) is 6.79. The molecule has 1 aliphatic carbocycles. The summed E-state index contributed by atoms with van der Waals surface area (Å²) in [6, 6.07) is 0. The molecule has 7 heteroatoms. The lowest BCUT2D eigenvalue weighted by molar-refractivity contribution is -0.133. The third-order valence-corrected chi connectivity index (χ3v) is 4.91. The molecule has 116 valence electrons. The van der Waals surface area contributed by atoms with Crippen molar-refractivity contribution in [1.29, 1.82) is 0 Å². The third kappa shape index (κ3) is 3.97. The van der Waals surface area contributed by atoms with E-state index in [1.54, 1.807) is 0 Å². The van der Waals surface area contributed by atoms with Crippen LogP contribution in [0, 0.1) is 0 Å². The van der Waals surface area contributed by atoms with Crippen LogP contribution in [0.1, 0.15) is 50.3 Å². The molecular formula is C14H21N3O3S. The van der Waals surface area contributed by atoms with Gasteiger partial charge in [0.15, 0.2) is 5.16 Å². The molecule has 1 aliphatic heterocycles. The molecule has 2 fully saturated rings. The van der Waals surface area contributed by atoms with E-state index < -0.39 is 5.97 Å². The number of rotatable bonds is 7. The minimum atomic E-state index is -0.821. The summed E-state index contributed by atoms with van der Waals surface area (Å²) < 4.78 is 7.89. The van der Waals surface area contributed by atoms with E-state index in [9.17, 15) is 4.79 Å². The molecule has 0 amide bonds. The van der Waals surface area contributed by atoms with E-state index in [4.69, 9.17) is 9.84 Å². The Hall–Kier alpha value is -1.08. The van der Waals surface area contributed by atoms with Crippen molar-refractivity contribution in [2.45, 2.75) is 62.2 Å². The number of aliphatic carboxylic acids is 1. The van der Waals surface area contributed by atoms with Crippen molar-refractivity contribution in [3.8, 4) is 0 Å². The van der Waals surface area contributed by atoms with Crippen molar-refractivity contribution in [2.24, 2.45) is 0 Å². The Morgan fingerprint density at radius 2 is 2.19 bits per heavy atom. The lowest BCUT2D eigenvalue weighted by Gasteiger charge is -2.23. The van der Waals surface area contributed by atoms with Crippen molar-refractivity contribution < 1.29 is 14.6 Å². The fraction of sp³-hybridized carbons (Fsp3) is 0.786. The number of carboxylic acids is 1. The monoisotopic (exact) mass is 311 g/mol. The summed E-state index contributed by atoms with van der Waals surface area (Å²) in [6.07, 6.45) is 7.14. The Labute approximate surface area is 128 Å². The lowest BCUT2D eigenvalue weighted by atomic mass is 10.1. The third-order valence-electron chi connectivity index (χ3n) is 3.96. The zero-order valence-corrected chi connectivity index (χ0v) is 12.8. The van der Waals surface area contributed by atoms with E-state index in [0.717, 1.165) is 43.4 Å². The van der Waals surface area contributed by atoms with E-state index in [1.165, 1.54) is 31.0 Å². The average molecular weight is 311 g/mol. The quantitative estimate of drug-likeness (QED) is 0.779. The van der Waals surface area contributed by atoms with Gasteiger partial charge in [-0.25, -0.2) is 0 Å². The normalized spacial score (nSPS) is 22.4. The molecule has 0 spiro atoms. The SMILES string of the molecule is O=C(O)CSc1nnc(C2CC2)n1CCC1CCCCO1. The highest BCUT2D eigenvalue weighted by molar-refractivity contribution is 7.99. The highest BCUT2D eigenvalue weighted by atomic mass is 32.2. The minimum Gasteiger partial charge on any atom is -0.481 e. The number of hydrogen-bond acceptors (Lipinski definition) is 5. The van der Waals surface area contributed by atoms with E-state index in [1.807, 2.05) is 0 Å². The van der Waals surface area contributed by atoms with E-state index in [0.29, 0.717) is 12.0 Å². The number of carbonyl (C=O) groups is 1. The van der Waals surface area contributed by atoms with Crippen LogP contribution in [0.3, 0.4) is 0 Å². The molecule has 2 aliphatic rings. The van der Waals surface area contributed by atoms with E-state index in [-0.39, 0.29) is 5.75 Å². The van der Waals surface area contributed by atoms with Gasteiger partial charge in [-0.3, -0.25) is 4.79 Å². The number of carboxylic acid groups (broad SMARTS) is 1. The summed E-state index contributed by atoms with van der Waals surface area (Å²) in [5.41, 5.74) is 0. The van der Waals surface area contributed by atoms with Gasteiger partial charge in [-0.15, -0.1) is 10.2 Å². The predicted molar refractivity (Wildman–Crippen MR) is 78.6 cm³/mol. The van der Waals surface area contributed by atoms with Gasteiger partial charge in [0.1, 0.15) is 5.82 Å². The Morgan fingerprint density at radius 1 is 1.33 bits per heavy atom. The molecule has 1 N–H and O–H groups in total. The lowest BCUT2D eigenvalue weighted by Crippen LogP contribution is -2.21. The van der Waals surface area contributed by atoms with Crippen molar-refractivity contribution in [2.75, 3.05) is 12.4 Å². The maximum atomic E-state index is 10.7. The zero-order valence-electron chi connectivity index (χ0n) is 12.0. The summed E-state index contributed by atoms with van der Waals surface area (Å²) in [6.45, 7) is 1.69. The standard InChI is InChI=1S/C14H21N3O3S/c18-12(19)9-21-14-16-15-13(10-4-5-10)17(14)7-6-11-3-1-2-8-20-11/h10-11H,1-9H2,(H,18,19). The average Bonchev–Trinajstić information content (AvgIpc) is 3.25. The van der Waals surface area contributed by atoms with Crippen LogP contribution in [-0.2, 0) is 16.1 Å². The molecule has 6 nitrogen and oxygen atoms in total. The summed E-state index contributed by atoms with van der Waals surface area (Å²) in [5, 5.41) is 18.0. The van der Waals surface area contributed by atoms with E-state index >= 15 is 0 Å². The maximum absolute atomic E-state index is 10.7. The smallest absolute Gasteiger partial charge is 0.313 e. The van der Waals surface area contributed by atoms with Gasteiger partial charge in [0.05, 0.1) is 11.9 Å². The first kappa shape index (κ1) is 14.8. The van der Waals surface area contributed by atoms with Crippen molar-refractivity contribution in [3.05, 3.63) is 5.82 Å². The highest BCUT2D eigenvalue weighted by Gasteiger charge is 2.30. The summed E-state index contributed by atoms with van der Waals surface area (Å²) in [7, 11) is 0. The van der Waals surface area contributed by atoms with Gasteiger partial charge in [-0.05, 0) is 38.5 Å². The number of thioether (sulfide) groups is 1. The Balaban J connectivity index is 1.65. The summed E-state index contributed by atoms with van der Waals surface area (Å²) in [4.78, 5) is 10.7. The van der Waals surface area contributed by atoms with Gasteiger partial charge >= 0.3 is 5.97 Å². The van der Waals surface area contributed by atoms with Gasteiger partial charge in [-0.1, -0.05) is 11.8 Å². The first-order valence-corrected chi connectivity index (χ1v) is 8.62. The molecule has 1 atom stereocenters. The Morgan fingerprint density at radius 3 is 2.86 bits per heavy atom. The second-order valence-corrected chi connectivity index (χ2v) is 6.67. The molecule has 0 radical (unpaired) electrons. The van der Waals surface area contributed by atoms with Crippen LogP contribution < -0.4 is 0 Å². The molecule has 1 unspecified atom stereocenters. The summed E-state index contributed by atoms with van der Waals surface area (Å²) in [5.74, 6) is 0.753. The van der Waals surface area contributed by atoms with E-state index in [2.05, 4.69) is 14.8 Å². The molecule has 1 saturated heterocycles. The van der Waals surface area contributed by atoms with Crippen molar-refractivity contribution in [3.63, 3.8) is 0 Å². The molecule has 0 bridgehead atoms. The van der Waals surface area contributed by atoms with Crippen molar-refractivity contribution in [1.82, 2.24) is 14.8 Å². The van der Waals surface area contributed by atoms with Crippen LogP contribution >= 0.6 is 11.8 Å². The van der Waals surface area contributed by atoms with Gasteiger partial charge in [0.2, 0.25) is 0 Å². The first-order chi connectivity index (χ1) is 10.2. The van der Waals surface area contributed by atoms with Crippen LogP contribution in [0.25, 0.3) is 0 Å². The molecule has 1 saturated carbocycles. The van der Waals surface area contributed by atoms with Crippen LogP contribution in [-0.4, -0.2) is 44.3 Å². The van der Waals surface area contributed by atoms with Gasteiger partial charge in [0, 0.05) is 19.1 Å². The minimum absolute atomic E-state index is 0.0305. The predicted octanol–water partition coefficient (Wildman–Crippen LogP) is 2.29. The molecule has 1 aromatic heterocycles. The largest absolute Gasteiger partial charge is 0.481 e. The number of ether oxygens (including phenoxy) is 1. The molecule has 0 aromatic carbocycles. The van der Waals surface area contributed by atoms with Gasteiger partial charge < -0.3 is 14.4 Å². The van der Waals surface area contributed by atoms with Gasteiger partial charge in [-0.2, -0.15) is 0 Å². The number of aromatic nitrogens is 3. The Bertz CT molecular complexity index is 496. The van der Waals surface area contributed by atoms with Gasteiger partial charge in [0.25, 0.3) is 0 Å². The topological polar surface area (TPSA) is 77.2 Å². The molecule has 3 rings (SSSR count). The molecule has 21 heavy (non-hydrogen) atoms. The van der Waals surface area contributed by atoms with Crippen LogP contribution in [0.5, 0.6) is 0 Å². The number of hydrogen-bond donors (Lipinski definition) is 1. The zero-order chi connectivity index (χ0) is 14.7. The fourth-order valence-corrected chi connectivity index (χ4v) is 3.39. The van der Waals surface area contributed by atoms with Crippen LogP contribution in [0.4, 0.5) is 0 Å². The number of nitrogens with zero attached hydrogens (tertiary/aromatic N) is 3. The highest BCUT2D eigenvalue weighted by Crippen LogP contribution is 2.40. The molecule has 2 heterocycles. The summed E-state index contributed by atoms with van der Waals surface area (Å²) >= 11 is 1.26. The maximum Gasteiger partial charge on any atom is 0.313 e. The molecular weight excluding hydrogens is 290 g/mol. The molecule has 1 aromatic rings.